The van der Waals surface area contributed by atoms with Crippen molar-refractivity contribution in [1.29, 1.82) is 0 Å². The van der Waals surface area contributed by atoms with E-state index in [2.05, 4.69) is 10.3 Å². The summed E-state index contributed by atoms with van der Waals surface area (Å²) in [6.07, 6.45) is 2.48. The summed E-state index contributed by atoms with van der Waals surface area (Å²) < 4.78 is 0. The topological polar surface area (TPSA) is 65.2 Å². The van der Waals surface area contributed by atoms with Gasteiger partial charge >= 0.3 is 0 Å². The van der Waals surface area contributed by atoms with Gasteiger partial charge in [0.2, 0.25) is 5.91 Å². The van der Waals surface area contributed by atoms with Gasteiger partial charge in [0, 0.05) is 35.8 Å². The number of benzene rings is 1. The van der Waals surface area contributed by atoms with Crippen molar-refractivity contribution in [3.63, 3.8) is 0 Å². The van der Waals surface area contributed by atoms with Crippen LogP contribution in [-0.2, 0) is 4.79 Å². The number of nitrogens with one attached hydrogen (secondary N) is 2. The van der Waals surface area contributed by atoms with Crippen molar-refractivity contribution in [1.82, 2.24) is 15.2 Å². The van der Waals surface area contributed by atoms with Crippen LogP contribution in [0, 0.1) is 0 Å². The lowest BCUT2D eigenvalue weighted by Gasteiger charge is -2.33. The Morgan fingerprint density at radius 1 is 1.38 bits per heavy atom. The number of aromatic nitrogens is 1. The largest absolute Gasteiger partial charge is 0.360 e. The van der Waals surface area contributed by atoms with Crippen LogP contribution in [-0.4, -0.2) is 47.3 Å². The first-order chi connectivity index (χ1) is 10.2. The first-order valence-electron chi connectivity index (χ1n) is 7.31. The number of hydrogen-bond acceptors (Lipinski definition) is 3. The molecule has 2 heterocycles. The smallest absolute Gasteiger partial charge is 0.237 e. The highest BCUT2D eigenvalue weighted by molar-refractivity contribution is 6.08. The lowest BCUT2D eigenvalue weighted by atomic mass is 10.1. The van der Waals surface area contributed by atoms with Crippen LogP contribution in [0.2, 0.25) is 0 Å². The summed E-state index contributed by atoms with van der Waals surface area (Å²) in [5.41, 5.74) is 1.66. The Balaban J connectivity index is 1.81. The monoisotopic (exact) mass is 285 g/mol. The van der Waals surface area contributed by atoms with Crippen LogP contribution in [0.15, 0.2) is 30.5 Å². The van der Waals surface area contributed by atoms with Crippen LogP contribution in [0.5, 0.6) is 0 Å². The zero-order chi connectivity index (χ0) is 14.8. The second-order valence-corrected chi connectivity index (χ2v) is 5.36. The van der Waals surface area contributed by atoms with Gasteiger partial charge in [-0.1, -0.05) is 25.1 Å². The number of ketones is 1. The number of nitrogens with zero attached hydrogens (tertiary/aromatic N) is 1. The first kappa shape index (κ1) is 13.8. The molecule has 1 aromatic carbocycles. The van der Waals surface area contributed by atoms with Crippen molar-refractivity contribution in [3.8, 4) is 0 Å². The minimum Gasteiger partial charge on any atom is -0.360 e. The molecule has 0 bridgehead atoms. The molecule has 1 atom stereocenters. The van der Waals surface area contributed by atoms with Crippen molar-refractivity contribution in [2.24, 2.45) is 0 Å². The van der Waals surface area contributed by atoms with E-state index in [-0.39, 0.29) is 24.3 Å². The van der Waals surface area contributed by atoms with Gasteiger partial charge in [-0.2, -0.15) is 0 Å². The number of aromatic amines is 1. The molecule has 1 aliphatic rings. The summed E-state index contributed by atoms with van der Waals surface area (Å²) in [5.74, 6) is 0.0797. The molecular formula is C16H19N3O2. The quantitative estimate of drug-likeness (QED) is 0.838. The molecule has 0 saturated carbocycles. The van der Waals surface area contributed by atoms with Gasteiger partial charge in [0.05, 0.1) is 12.6 Å². The third-order valence-electron chi connectivity index (χ3n) is 4.06. The molecular weight excluding hydrogens is 266 g/mol. The molecule has 1 fully saturated rings. The van der Waals surface area contributed by atoms with E-state index < -0.39 is 0 Å². The van der Waals surface area contributed by atoms with Gasteiger partial charge in [0.15, 0.2) is 5.78 Å². The van der Waals surface area contributed by atoms with E-state index in [4.69, 9.17) is 0 Å². The predicted octanol–water partition coefficient (Wildman–Crippen LogP) is 1.56. The van der Waals surface area contributed by atoms with Crippen molar-refractivity contribution < 1.29 is 9.59 Å². The molecule has 2 N–H and O–H groups in total. The summed E-state index contributed by atoms with van der Waals surface area (Å²) in [6, 6.07) is 7.56. The fourth-order valence-electron chi connectivity index (χ4n) is 2.97. The van der Waals surface area contributed by atoms with E-state index in [9.17, 15) is 9.59 Å². The zero-order valence-corrected chi connectivity index (χ0v) is 12.1. The fraction of sp³-hybridized carbons (Fsp3) is 0.375. The average Bonchev–Trinajstić information content (AvgIpc) is 2.91. The molecule has 0 radical (unpaired) electrons. The molecule has 1 aliphatic heterocycles. The maximum Gasteiger partial charge on any atom is 0.237 e. The normalized spacial score (nSPS) is 19.7. The van der Waals surface area contributed by atoms with Crippen LogP contribution in [0.25, 0.3) is 10.9 Å². The number of carbonyl (C=O) groups excluding carboxylic acids is 2. The molecule has 5 nitrogen and oxygen atoms in total. The van der Waals surface area contributed by atoms with Gasteiger partial charge < -0.3 is 10.3 Å². The molecule has 0 aliphatic carbocycles. The van der Waals surface area contributed by atoms with Crippen LogP contribution in [0.4, 0.5) is 0 Å². The minimum absolute atomic E-state index is 0.0236. The summed E-state index contributed by atoms with van der Waals surface area (Å²) in [5, 5.41) is 3.79. The molecule has 1 aromatic heterocycles. The molecule has 1 saturated heterocycles. The first-order valence-corrected chi connectivity index (χ1v) is 7.31. The molecule has 1 amide bonds. The molecule has 2 aromatic rings. The number of fused-ring (bicyclic) bond motifs is 1. The second kappa shape index (κ2) is 5.69. The number of carbonyl (C=O) groups is 2. The van der Waals surface area contributed by atoms with E-state index in [0.29, 0.717) is 18.5 Å². The van der Waals surface area contributed by atoms with Gasteiger partial charge in [-0.25, -0.2) is 0 Å². The molecule has 5 heteroatoms. The number of amides is 1. The Labute approximate surface area is 123 Å². The molecule has 110 valence electrons. The number of rotatable bonds is 4. The van der Waals surface area contributed by atoms with E-state index in [0.717, 1.165) is 17.4 Å². The van der Waals surface area contributed by atoms with Gasteiger partial charge in [-0.15, -0.1) is 0 Å². The number of piperazine rings is 1. The molecule has 21 heavy (non-hydrogen) atoms. The summed E-state index contributed by atoms with van der Waals surface area (Å²) in [6.45, 7) is 3.58. The zero-order valence-electron chi connectivity index (χ0n) is 12.1. The Bertz CT molecular complexity index is 677. The van der Waals surface area contributed by atoms with Crippen molar-refractivity contribution >= 4 is 22.6 Å². The summed E-state index contributed by atoms with van der Waals surface area (Å²) >= 11 is 0. The molecule has 0 spiro atoms. The van der Waals surface area contributed by atoms with Gasteiger partial charge in [0.25, 0.3) is 0 Å². The Kier molecular flexibility index (Phi) is 3.75. The highest BCUT2D eigenvalue weighted by atomic mass is 16.2. The lowest BCUT2D eigenvalue weighted by molar-refractivity contribution is -0.128. The third-order valence-corrected chi connectivity index (χ3v) is 4.06. The lowest BCUT2D eigenvalue weighted by Crippen LogP contribution is -2.56. The standard InChI is InChI=1S/C16H19N3O2/c1-2-14-16(21)17-7-8-19(14)10-15(20)12-9-18-13-6-4-3-5-11(12)13/h3-6,9,14,18H,2,7-8,10H2,1H3,(H,17,21). The second-order valence-electron chi connectivity index (χ2n) is 5.36. The number of Topliss-reactive ketones (excluding diaryl/α,β-unsaturated/α-hetero) is 1. The number of para-hydroxylation sites is 1. The summed E-state index contributed by atoms with van der Waals surface area (Å²) in [4.78, 5) is 29.5. The Hall–Kier alpha value is -2.14. The fourth-order valence-corrected chi connectivity index (χ4v) is 2.97. The van der Waals surface area contributed by atoms with E-state index >= 15 is 0 Å². The third kappa shape index (κ3) is 2.56. The maximum absolute atomic E-state index is 12.6. The Morgan fingerprint density at radius 3 is 3.00 bits per heavy atom. The van der Waals surface area contributed by atoms with Crippen LogP contribution >= 0.6 is 0 Å². The summed E-state index contributed by atoms with van der Waals surface area (Å²) in [7, 11) is 0. The van der Waals surface area contributed by atoms with Crippen molar-refractivity contribution in [2.45, 2.75) is 19.4 Å². The van der Waals surface area contributed by atoms with E-state index in [1.165, 1.54) is 0 Å². The molecule has 1 unspecified atom stereocenters. The number of hydrogen-bond donors (Lipinski definition) is 2. The van der Waals surface area contributed by atoms with Crippen molar-refractivity contribution in [2.75, 3.05) is 19.6 Å². The van der Waals surface area contributed by atoms with E-state index in [1.54, 1.807) is 6.20 Å². The Morgan fingerprint density at radius 2 is 2.19 bits per heavy atom. The van der Waals surface area contributed by atoms with Gasteiger partial charge in [-0.05, 0) is 12.5 Å². The van der Waals surface area contributed by atoms with Crippen LogP contribution in [0.3, 0.4) is 0 Å². The number of H-pyrrole nitrogens is 1. The van der Waals surface area contributed by atoms with Crippen LogP contribution < -0.4 is 5.32 Å². The van der Waals surface area contributed by atoms with Gasteiger partial charge in [-0.3, -0.25) is 14.5 Å². The predicted molar refractivity (Wildman–Crippen MR) is 81.3 cm³/mol. The van der Waals surface area contributed by atoms with Crippen LogP contribution in [0.1, 0.15) is 23.7 Å². The SMILES string of the molecule is CCC1C(=O)NCCN1CC(=O)c1c[nH]c2ccccc12. The van der Waals surface area contributed by atoms with Gasteiger partial charge in [0.1, 0.15) is 0 Å². The van der Waals surface area contributed by atoms with E-state index in [1.807, 2.05) is 36.1 Å². The highest BCUT2D eigenvalue weighted by Gasteiger charge is 2.29. The highest BCUT2D eigenvalue weighted by Crippen LogP contribution is 2.19. The minimum atomic E-state index is -0.201. The molecule has 3 rings (SSSR count). The maximum atomic E-state index is 12.6. The average molecular weight is 285 g/mol. The van der Waals surface area contributed by atoms with Crippen molar-refractivity contribution in [3.05, 3.63) is 36.0 Å².